The van der Waals surface area contributed by atoms with E-state index in [1.807, 2.05) is 30.9 Å². The number of hydrogen-bond donors (Lipinski definition) is 1. The lowest BCUT2D eigenvalue weighted by molar-refractivity contribution is -0.137. The minimum absolute atomic E-state index is 0.0675. The zero-order chi connectivity index (χ0) is 15.4. The average Bonchev–Trinajstić information content (AvgIpc) is 2.88. The van der Waals surface area contributed by atoms with Crippen LogP contribution < -0.4 is 10.1 Å². The minimum atomic E-state index is 0.0675. The summed E-state index contributed by atoms with van der Waals surface area (Å²) in [5.41, 5.74) is 2.30. The number of nitrogens with zero attached hydrogens (tertiary/aromatic N) is 1. The van der Waals surface area contributed by atoms with Gasteiger partial charge in [0.25, 0.3) is 5.91 Å². The number of amides is 1. The van der Waals surface area contributed by atoms with Gasteiger partial charge in [-0.2, -0.15) is 0 Å². The fourth-order valence-corrected chi connectivity index (χ4v) is 3.03. The van der Waals surface area contributed by atoms with Crippen molar-refractivity contribution in [2.45, 2.75) is 46.2 Å². The molecule has 4 nitrogen and oxygen atoms in total. The van der Waals surface area contributed by atoms with Crippen molar-refractivity contribution in [2.75, 3.05) is 19.7 Å². The van der Waals surface area contributed by atoms with E-state index in [0.717, 1.165) is 36.4 Å². The summed E-state index contributed by atoms with van der Waals surface area (Å²) in [7, 11) is 0. The molecule has 2 rings (SSSR count). The molecule has 0 radical (unpaired) electrons. The van der Waals surface area contributed by atoms with Gasteiger partial charge in [0.05, 0.1) is 0 Å². The number of benzene rings is 1. The van der Waals surface area contributed by atoms with Gasteiger partial charge >= 0.3 is 0 Å². The molecule has 1 N–H and O–H groups in total. The maximum absolute atomic E-state index is 12.5. The van der Waals surface area contributed by atoms with Gasteiger partial charge in [-0.15, -0.1) is 0 Å². The Morgan fingerprint density at radius 1 is 1.33 bits per heavy atom. The third-order valence-corrected chi connectivity index (χ3v) is 3.83. The van der Waals surface area contributed by atoms with E-state index >= 15 is 0 Å². The van der Waals surface area contributed by atoms with Crippen molar-refractivity contribution < 1.29 is 9.53 Å². The van der Waals surface area contributed by atoms with E-state index in [9.17, 15) is 4.79 Å². The molecule has 116 valence electrons. The molecule has 1 aliphatic heterocycles. The fourth-order valence-electron chi connectivity index (χ4n) is 3.03. The molecule has 1 unspecified atom stereocenters. The highest BCUT2D eigenvalue weighted by Gasteiger charge is 2.28. The van der Waals surface area contributed by atoms with E-state index in [1.54, 1.807) is 0 Å². The summed E-state index contributed by atoms with van der Waals surface area (Å²) in [6.45, 7) is 10.2. The molecular formula is C17H26N2O2. The number of rotatable bonds is 5. The van der Waals surface area contributed by atoms with Gasteiger partial charge in [0, 0.05) is 18.6 Å². The summed E-state index contributed by atoms with van der Waals surface area (Å²) in [6.07, 6.45) is 1.02. The average molecular weight is 290 g/mol. The van der Waals surface area contributed by atoms with Crippen LogP contribution in [0.25, 0.3) is 0 Å². The van der Waals surface area contributed by atoms with E-state index in [2.05, 4.69) is 25.2 Å². The fraction of sp³-hybridized carbons (Fsp3) is 0.588. The van der Waals surface area contributed by atoms with Crippen LogP contribution in [0, 0.1) is 13.8 Å². The van der Waals surface area contributed by atoms with Crippen molar-refractivity contribution >= 4 is 5.91 Å². The SMILES string of the molecule is Cc1cc(C)cc(OCC(=O)N(C(C)C)C2CCNC2)c1. The molecule has 1 atom stereocenters. The maximum atomic E-state index is 12.5. The van der Waals surface area contributed by atoms with Crippen molar-refractivity contribution in [3.63, 3.8) is 0 Å². The second-order valence-electron chi connectivity index (χ2n) is 6.15. The molecule has 1 aliphatic rings. The summed E-state index contributed by atoms with van der Waals surface area (Å²) in [6, 6.07) is 6.53. The molecule has 0 aromatic heterocycles. The Bertz CT molecular complexity index is 473. The first-order chi connectivity index (χ1) is 9.97. The molecule has 1 heterocycles. The molecule has 1 aromatic rings. The summed E-state index contributed by atoms with van der Waals surface area (Å²) in [4.78, 5) is 14.4. The van der Waals surface area contributed by atoms with Crippen LogP contribution in [-0.4, -0.2) is 42.6 Å². The van der Waals surface area contributed by atoms with Crippen LogP contribution in [0.2, 0.25) is 0 Å². The van der Waals surface area contributed by atoms with Crippen molar-refractivity contribution in [2.24, 2.45) is 0 Å². The van der Waals surface area contributed by atoms with Crippen molar-refractivity contribution in [3.05, 3.63) is 29.3 Å². The quantitative estimate of drug-likeness (QED) is 0.904. The number of carbonyl (C=O) groups is 1. The first-order valence-corrected chi connectivity index (χ1v) is 7.70. The van der Waals surface area contributed by atoms with Crippen LogP contribution in [0.4, 0.5) is 0 Å². The van der Waals surface area contributed by atoms with Gasteiger partial charge < -0.3 is 15.0 Å². The molecule has 1 fully saturated rings. The van der Waals surface area contributed by atoms with Crippen LogP contribution in [0.1, 0.15) is 31.4 Å². The second-order valence-corrected chi connectivity index (χ2v) is 6.15. The monoisotopic (exact) mass is 290 g/mol. The predicted octanol–water partition coefficient (Wildman–Crippen LogP) is 2.28. The van der Waals surface area contributed by atoms with Gasteiger partial charge in [-0.1, -0.05) is 6.07 Å². The maximum Gasteiger partial charge on any atom is 0.261 e. The van der Waals surface area contributed by atoms with E-state index in [-0.39, 0.29) is 18.6 Å². The Kier molecular flexibility index (Phi) is 5.23. The van der Waals surface area contributed by atoms with Crippen molar-refractivity contribution in [1.29, 1.82) is 0 Å². The lowest BCUT2D eigenvalue weighted by Gasteiger charge is -2.32. The van der Waals surface area contributed by atoms with Crippen molar-refractivity contribution in [1.82, 2.24) is 10.2 Å². The van der Waals surface area contributed by atoms with Crippen LogP contribution in [-0.2, 0) is 4.79 Å². The third kappa shape index (κ3) is 4.21. The number of nitrogens with one attached hydrogen (secondary N) is 1. The number of hydrogen-bond acceptors (Lipinski definition) is 3. The lowest BCUT2D eigenvalue weighted by Crippen LogP contribution is -2.47. The lowest BCUT2D eigenvalue weighted by atomic mass is 10.1. The minimum Gasteiger partial charge on any atom is -0.484 e. The molecule has 1 aromatic carbocycles. The Labute approximate surface area is 127 Å². The molecule has 1 amide bonds. The highest BCUT2D eigenvalue weighted by Crippen LogP contribution is 2.17. The molecular weight excluding hydrogens is 264 g/mol. The summed E-state index contributed by atoms with van der Waals surface area (Å²) >= 11 is 0. The topological polar surface area (TPSA) is 41.6 Å². The van der Waals surface area contributed by atoms with E-state index in [0.29, 0.717) is 6.04 Å². The smallest absolute Gasteiger partial charge is 0.261 e. The van der Waals surface area contributed by atoms with Gasteiger partial charge in [0.15, 0.2) is 6.61 Å². The Balaban J connectivity index is 1.98. The van der Waals surface area contributed by atoms with Gasteiger partial charge in [-0.3, -0.25) is 4.79 Å². The Hall–Kier alpha value is -1.55. The molecule has 0 saturated carbocycles. The largest absolute Gasteiger partial charge is 0.484 e. The normalized spacial score (nSPS) is 18.0. The molecule has 1 saturated heterocycles. The summed E-state index contributed by atoms with van der Waals surface area (Å²) in [5.74, 6) is 0.840. The van der Waals surface area contributed by atoms with E-state index in [4.69, 9.17) is 4.74 Å². The van der Waals surface area contributed by atoms with Crippen LogP contribution in [0.3, 0.4) is 0 Å². The highest BCUT2D eigenvalue weighted by molar-refractivity contribution is 5.78. The number of ether oxygens (including phenoxy) is 1. The molecule has 0 aliphatic carbocycles. The zero-order valence-electron chi connectivity index (χ0n) is 13.5. The first kappa shape index (κ1) is 15.8. The summed E-state index contributed by atoms with van der Waals surface area (Å²) < 4.78 is 5.71. The molecule has 4 heteroatoms. The highest BCUT2D eigenvalue weighted by atomic mass is 16.5. The Morgan fingerprint density at radius 2 is 2.00 bits per heavy atom. The summed E-state index contributed by atoms with van der Waals surface area (Å²) in [5, 5.41) is 3.32. The molecule has 0 bridgehead atoms. The van der Waals surface area contributed by atoms with Gasteiger partial charge in [0.1, 0.15) is 5.75 Å². The second kappa shape index (κ2) is 6.94. The molecule has 21 heavy (non-hydrogen) atoms. The number of carbonyl (C=O) groups excluding carboxylic acids is 1. The number of aryl methyl sites for hydroxylation is 2. The zero-order valence-corrected chi connectivity index (χ0v) is 13.5. The van der Waals surface area contributed by atoms with Gasteiger partial charge in [-0.05, 0) is 63.9 Å². The standard InChI is InChI=1S/C17H26N2O2/c1-12(2)19(15-5-6-18-10-15)17(20)11-21-16-8-13(3)7-14(4)9-16/h7-9,12,15,18H,5-6,10-11H2,1-4H3. The van der Waals surface area contributed by atoms with Crippen LogP contribution in [0.15, 0.2) is 18.2 Å². The third-order valence-electron chi connectivity index (χ3n) is 3.83. The van der Waals surface area contributed by atoms with E-state index < -0.39 is 0 Å². The van der Waals surface area contributed by atoms with Crippen LogP contribution >= 0.6 is 0 Å². The molecule has 0 spiro atoms. The van der Waals surface area contributed by atoms with Crippen LogP contribution in [0.5, 0.6) is 5.75 Å². The van der Waals surface area contributed by atoms with E-state index in [1.165, 1.54) is 0 Å². The van der Waals surface area contributed by atoms with Crippen molar-refractivity contribution in [3.8, 4) is 5.75 Å². The predicted molar refractivity (Wildman–Crippen MR) is 84.7 cm³/mol. The van der Waals surface area contributed by atoms with Gasteiger partial charge in [-0.25, -0.2) is 0 Å². The first-order valence-electron chi connectivity index (χ1n) is 7.70. The Morgan fingerprint density at radius 3 is 2.52 bits per heavy atom. The van der Waals surface area contributed by atoms with Gasteiger partial charge in [0.2, 0.25) is 0 Å².